The summed E-state index contributed by atoms with van der Waals surface area (Å²) < 4.78 is 11.9. The summed E-state index contributed by atoms with van der Waals surface area (Å²) in [5, 5.41) is 3.73. The summed E-state index contributed by atoms with van der Waals surface area (Å²) in [5.41, 5.74) is 9.02. The number of benzene rings is 2. The Labute approximate surface area is 148 Å². The molecule has 0 spiro atoms. The zero-order valence-corrected chi connectivity index (χ0v) is 14.7. The van der Waals surface area contributed by atoms with Crippen LogP contribution in [0.2, 0.25) is 0 Å². The normalized spacial score (nSPS) is 10.6. The fourth-order valence-electron chi connectivity index (χ4n) is 2.01. The zero-order chi connectivity index (χ0) is 17.4. The molecular formula is C17H18BrN3O3. The molecule has 0 heterocycles. The molecule has 2 aromatic carbocycles. The maximum Gasteiger partial charge on any atom is 0.332 e. The fraction of sp³-hybridized carbons (Fsp3) is 0.176. The number of ether oxygens (including phenoxy) is 2. The molecule has 24 heavy (non-hydrogen) atoms. The molecule has 0 saturated heterocycles. The Morgan fingerprint density at radius 1 is 1.29 bits per heavy atom. The van der Waals surface area contributed by atoms with Gasteiger partial charge in [0.1, 0.15) is 0 Å². The number of urea groups is 1. The lowest BCUT2D eigenvalue weighted by molar-refractivity contribution is 0.249. The van der Waals surface area contributed by atoms with Crippen molar-refractivity contribution < 1.29 is 14.3 Å². The second-order valence-electron chi connectivity index (χ2n) is 4.84. The number of rotatable bonds is 7. The van der Waals surface area contributed by atoms with Gasteiger partial charge in [0, 0.05) is 16.5 Å². The number of nitrogens with zero attached hydrogens (tertiary/aromatic N) is 1. The quantitative estimate of drug-likeness (QED) is 0.561. The average molecular weight is 392 g/mol. The van der Waals surface area contributed by atoms with Crippen LogP contribution < -0.4 is 20.6 Å². The van der Waals surface area contributed by atoms with E-state index in [0.29, 0.717) is 18.1 Å². The SMILES string of the molecule is COc1cc(C=NNC(N)=O)c(Br)cc1OCCc1ccccc1. The molecule has 0 aromatic heterocycles. The highest BCUT2D eigenvalue weighted by molar-refractivity contribution is 9.10. The van der Waals surface area contributed by atoms with Crippen LogP contribution >= 0.6 is 15.9 Å². The molecule has 0 aliphatic rings. The number of carbonyl (C=O) groups excluding carboxylic acids is 1. The van der Waals surface area contributed by atoms with Gasteiger partial charge < -0.3 is 15.2 Å². The van der Waals surface area contributed by atoms with Crippen molar-refractivity contribution in [1.29, 1.82) is 0 Å². The Morgan fingerprint density at radius 3 is 2.71 bits per heavy atom. The molecule has 6 nitrogen and oxygen atoms in total. The minimum atomic E-state index is -0.727. The third-order valence-corrected chi connectivity index (χ3v) is 3.84. The predicted octanol–water partition coefficient (Wildman–Crippen LogP) is 3.08. The van der Waals surface area contributed by atoms with Crippen molar-refractivity contribution in [3.8, 4) is 11.5 Å². The molecule has 0 radical (unpaired) electrons. The average Bonchev–Trinajstić information content (AvgIpc) is 2.57. The molecule has 7 heteroatoms. The third kappa shape index (κ3) is 5.27. The van der Waals surface area contributed by atoms with E-state index in [9.17, 15) is 4.79 Å². The molecule has 0 saturated carbocycles. The molecule has 2 rings (SSSR count). The van der Waals surface area contributed by atoms with Gasteiger partial charge in [0.25, 0.3) is 0 Å². The molecule has 0 bridgehead atoms. The molecule has 3 N–H and O–H groups in total. The van der Waals surface area contributed by atoms with Crippen LogP contribution in [0, 0.1) is 0 Å². The van der Waals surface area contributed by atoms with Crippen LogP contribution in [0.3, 0.4) is 0 Å². The van der Waals surface area contributed by atoms with Gasteiger partial charge in [-0.15, -0.1) is 0 Å². The van der Waals surface area contributed by atoms with Crippen LogP contribution in [0.4, 0.5) is 4.79 Å². The molecule has 0 atom stereocenters. The first-order valence-electron chi connectivity index (χ1n) is 7.23. The number of halogens is 1. The first kappa shape index (κ1) is 17.8. The lowest BCUT2D eigenvalue weighted by Crippen LogP contribution is -2.24. The summed E-state index contributed by atoms with van der Waals surface area (Å²) in [6, 6.07) is 12.9. The summed E-state index contributed by atoms with van der Waals surface area (Å²) in [6.45, 7) is 0.531. The molecule has 0 fully saturated rings. The van der Waals surface area contributed by atoms with E-state index in [1.807, 2.05) is 18.2 Å². The van der Waals surface area contributed by atoms with E-state index in [2.05, 4.69) is 38.6 Å². The first-order chi connectivity index (χ1) is 11.6. The molecule has 2 aromatic rings. The van der Waals surface area contributed by atoms with Crippen LogP contribution in [-0.4, -0.2) is 26.0 Å². The standard InChI is InChI=1S/C17H18BrN3O3/c1-23-15-9-13(11-20-21-17(19)22)14(18)10-16(15)24-8-7-12-5-3-2-4-6-12/h2-6,9-11H,7-8H2,1H3,(H3,19,21,22). The number of nitrogens with two attached hydrogens (primary N) is 1. The molecule has 0 unspecified atom stereocenters. The minimum Gasteiger partial charge on any atom is -0.493 e. The van der Waals surface area contributed by atoms with Crippen LogP contribution in [0.15, 0.2) is 52.0 Å². The summed E-state index contributed by atoms with van der Waals surface area (Å²) in [4.78, 5) is 10.6. The van der Waals surface area contributed by atoms with Gasteiger partial charge in [0.15, 0.2) is 11.5 Å². The van der Waals surface area contributed by atoms with Crippen molar-refractivity contribution in [2.75, 3.05) is 13.7 Å². The summed E-state index contributed by atoms with van der Waals surface area (Å²) in [5.74, 6) is 1.20. The van der Waals surface area contributed by atoms with Crippen molar-refractivity contribution >= 4 is 28.2 Å². The smallest absolute Gasteiger partial charge is 0.332 e. The summed E-state index contributed by atoms with van der Waals surface area (Å²) in [7, 11) is 1.57. The van der Waals surface area contributed by atoms with Gasteiger partial charge >= 0.3 is 6.03 Å². The van der Waals surface area contributed by atoms with Crippen LogP contribution in [0.25, 0.3) is 0 Å². The second-order valence-corrected chi connectivity index (χ2v) is 5.70. The van der Waals surface area contributed by atoms with Gasteiger partial charge in [-0.3, -0.25) is 0 Å². The van der Waals surface area contributed by atoms with Crippen LogP contribution in [0.5, 0.6) is 11.5 Å². The first-order valence-corrected chi connectivity index (χ1v) is 8.02. The van der Waals surface area contributed by atoms with E-state index in [1.165, 1.54) is 11.8 Å². The Morgan fingerprint density at radius 2 is 2.04 bits per heavy atom. The van der Waals surface area contributed by atoms with E-state index in [-0.39, 0.29) is 0 Å². The number of hydrogen-bond acceptors (Lipinski definition) is 4. The molecule has 0 aliphatic carbocycles. The fourth-order valence-corrected chi connectivity index (χ4v) is 2.44. The largest absolute Gasteiger partial charge is 0.493 e. The number of hydrogen-bond donors (Lipinski definition) is 2. The van der Waals surface area contributed by atoms with Gasteiger partial charge in [-0.05, 0) is 33.6 Å². The van der Waals surface area contributed by atoms with Crippen molar-refractivity contribution in [2.24, 2.45) is 10.8 Å². The van der Waals surface area contributed by atoms with Crippen LogP contribution in [-0.2, 0) is 6.42 Å². The second kappa shape index (κ2) is 8.93. The van der Waals surface area contributed by atoms with E-state index in [1.54, 1.807) is 19.2 Å². The van der Waals surface area contributed by atoms with E-state index in [0.717, 1.165) is 16.5 Å². The Balaban J connectivity index is 2.05. The summed E-state index contributed by atoms with van der Waals surface area (Å²) in [6.07, 6.45) is 2.26. The Hall–Kier alpha value is -2.54. The van der Waals surface area contributed by atoms with Gasteiger partial charge in [0.05, 0.1) is 19.9 Å². The number of primary amides is 1. The van der Waals surface area contributed by atoms with Gasteiger partial charge in [-0.25, -0.2) is 10.2 Å². The van der Waals surface area contributed by atoms with Crippen molar-refractivity contribution in [3.05, 3.63) is 58.1 Å². The Bertz CT molecular complexity index is 721. The van der Waals surface area contributed by atoms with E-state index < -0.39 is 6.03 Å². The lowest BCUT2D eigenvalue weighted by atomic mass is 10.2. The minimum absolute atomic E-state index is 0.531. The molecule has 126 valence electrons. The van der Waals surface area contributed by atoms with Gasteiger partial charge in [-0.2, -0.15) is 5.10 Å². The monoisotopic (exact) mass is 391 g/mol. The predicted molar refractivity (Wildman–Crippen MR) is 96.6 cm³/mol. The highest BCUT2D eigenvalue weighted by Crippen LogP contribution is 2.33. The highest BCUT2D eigenvalue weighted by atomic mass is 79.9. The van der Waals surface area contributed by atoms with Gasteiger partial charge in [0.2, 0.25) is 0 Å². The third-order valence-electron chi connectivity index (χ3n) is 3.15. The number of hydrazone groups is 1. The number of carbonyl (C=O) groups is 1. The topological polar surface area (TPSA) is 85.9 Å². The van der Waals surface area contributed by atoms with Crippen molar-refractivity contribution in [3.63, 3.8) is 0 Å². The van der Waals surface area contributed by atoms with Crippen LogP contribution in [0.1, 0.15) is 11.1 Å². The van der Waals surface area contributed by atoms with Crippen molar-refractivity contribution in [2.45, 2.75) is 6.42 Å². The van der Waals surface area contributed by atoms with E-state index >= 15 is 0 Å². The Kier molecular flexibility index (Phi) is 6.62. The zero-order valence-electron chi connectivity index (χ0n) is 13.2. The number of methoxy groups -OCH3 is 1. The molecule has 0 aliphatic heterocycles. The highest BCUT2D eigenvalue weighted by Gasteiger charge is 2.09. The van der Waals surface area contributed by atoms with E-state index in [4.69, 9.17) is 15.2 Å². The lowest BCUT2D eigenvalue weighted by Gasteiger charge is -2.12. The maximum absolute atomic E-state index is 10.6. The van der Waals surface area contributed by atoms with Gasteiger partial charge in [-0.1, -0.05) is 30.3 Å². The number of amides is 2. The molecular weight excluding hydrogens is 374 g/mol. The maximum atomic E-state index is 10.6. The summed E-state index contributed by atoms with van der Waals surface area (Å²) >= 11 is 3.44. The molecule has 2 amide bonds. The number of nitrogens with one attached hydrogen (secondary N) is 1. The van der Waals surface area contributed by atoms with Crippen molar-refractivity contribution in [1.82, 2.24) is 5.43 Å².